The molecule has 118 valence electrons. The van der Waals surface area contributed by atoms with Crippen LogP contribution in [-0.4, -0.2) is 36.3 Å². The summed E-state index contributed by atoms with van der Waals surface area (Å²) in [4.78, 5) is 28.8. The lowest BCUT2D eigenvalue weighted by Crippen LogP contribution is -2.34. The fourth-order valence-electron chi connectivity index (χ4n) is 3.69. The van der Waals surface area contributed by atoms with Crippen LogP contribution in [0.25, 0.3) is 0 Å². The second-order valence-corrected chi connectivity index (χ2v) is 7.26. The van der Waals surface area contributed by atoms with Crippen molar-refractivity contribution in [2.45, 2.75) is 12.8 Å². The van der Waals surface area contributed by atoms with Crippen molar-refractivity contribution in [3.05, 3.63) is 52.7 Å². The van der Waals surface area contributed by atoms with E-state index in [1.807, 2.05) is 57.0 Å². The highest BCUT2D eigenvalue weighted by Gasteiger charge is 2.48. The minimum Gasteiger partial charge on any atom is -0.338 e. The number of likely N-dealkylation sites (tertiary alicyclic amines) is 1. The summed E-state index contributed by atoms with van der Waals surface area (Å²) in [7, 11) is 0. The van der Waals surface area contributed by atoms with Crippen LogP contribution in [0.1, 0.15) is 23.2 Å². The van der Waals surface area contributed by atoms with Crippen molar-refractivity contribution < 1.29 is 9.59 Å². The number of hydrogen-bond donors (Lipinski definition) is 0. The SMILES string of the molecule is O=C(c1ccccc1)N1CC[C@@]2(CC(=O)N(c3ccsc3)C2)C1. The van der Waals surface area contributed by atoms with E-state index >= 15 is 0 Å². The Kier molecular flexibility index (Phi) is 3.45. The van der Waals surface area contributed by atoms with E-state index in [1.54, 1.807) is 11.3 Å². The Balaban J connectivity index is 1.50. The fraction of sp³-hybridized carbons (Fsp3) is 0.333. The first-order valence-corrected chi connectivity index (χ1v) is 8.78. The summed E-state index contributed by atoms with van der Waals surface area (Å²) in [6.45, 7) is 2.13. The normalized spacial score (nSPS) is 23.9. The van der Waals surface area contributed by atoms with E-state index in [0.29, 0.717) is 13.0 Å². The molecule has 2 fully saturated rings. The van der Waals surface area contributed by atoms with Crippen molar-refractivity contribution in [3.8, 4) is 0 Å². The van der Waals surface area contributed by atoms with Gasteiger partial charge in [-0.25, -0.2) is 0 Å². The van der Waals surface area contributed by atoms with Crippen LogP contribution in [0.2, 0.25) is 0 Å². The van der Waals surface area contributed by atoms with E-state index < -0.39 is 0 Å². The number of rotatable bonds is 2. The summed E-state index contributed by atoms with van der Waals surface area (Å²) in [6, 6.07) is 11.4. The highest BCUT2D eigenvalue weighted by atomic mass is 32.1. The van der Waals surface area contributed by atoms with Gasteiger partial charge in [-0.2, -0.15) is 11.3 Å². The highest BCUT2D eigenvalue weighted by Crippen LogP contribution is 2.42. The molecule has 5 heteroatoms. The standard InChI is InChI=1S/C18H18N2O2S/c21-16-10-18(13-20(16)15-6-9-23-11-15)7-8-19(12-18)17(22)14-4-2-1-3-5-14/h1-6,9,11H,7-8,10,12-13H2/t18-/m1/s1. The zero-order chi connectivity index (χ0) is 15.9. The molecule has 0 bridgehead atoms. The van der Waals surface area contributed by atoms with Crippen LogP contribution in [0.15, 0.2) is 47.2 Å². The Hall–Kier alpha value is -2.14. The van der Waals surface area contributed by atoms with Gasteiger partial charge in [-0.3, -0.25) is 9.59 Å². The van der Waals surface area contributed by atoms with Gasteiger partial charge in [0.05, 0.1) is 5.69 Å². The summed E-state index contributed by atoms with van der Waals surface area (Å²) in [5, 5.41) is 4.01. The Morgan fingerprint density at radius 1 is 1.13 bits per heavy atom. The number of carbonyl (C=O) groups is 2. The van der Waals surface area contributed by atoms with E-state index in [9.17, 15) is 9.59 Å². The number of hydrogen-bond acceptors (Lipinski definition) is 3. The maximum absolute atomic E-state index is 12.6. The van der Waals surface area contributed by atoms with Crippen LogP contribution in [0, 0.1) is 5.41 Å². The zero-order valence-corrected chi connectivity index (χ0v) is 13.6. The average Bonchev–Trinajstić information content (AvgIpc) is 3.29. The van der Waals surface area contributed by atoms with E-state index in [-0.39, 0.29) is 17.2 Å². The topological polar surface area (TPSA) is 40.6 Å². The van der Waals surface area contributed by atoms with Crippen LogP contribution < -0.4 is 4.90 Å². The maximum Gasteiger partial charge on any atom is 0.253 e. The predicted molar refractivity (Wildman–Crippen MR) is 90.7 cm³/mol. The lowest BCUT2D eigenvalue weighted by molar-refractivity contribution is -0.117. The molecule has 23 heavy (non-hydrogen) atoms. The molecule has 2 aliphatic heterocycles. The van der Waals surface area contributed by atoms with E-state index in [4.69, 9.17) is 0 Å². The molecule has 2 amide bonds. The molecule has 1 atom stereocenters. The summed E-state index contributed by atoms with van der Waals surface area (Å²) in [6.07, 6.45) is 1.44. The zero-order valence-electron chi connectivity index (χ0n) is 12.8. The highest BCUT2D eigenvalue weighted by molar-refractivity contribution is 7.08. The number of thiophene rings is 1. The number of benzene rings is 1. The molecule has 4 rings (SSSR count). The Morgan fingerprint density at radius 2 is 1.96 bits per heavy atom. The van der Waals surface area contributed by atoms with Crippen molar-refractivity contribution in [1.82, 2.24) is 4.90 Å². The second kappa shape index (κ2) is 5.49. The van der Waals surface area contributed by atoms with Crippen LogP contribution >= 0.6 is 11.3 Å². The Labute approximate surface area is 139 Å². The molecular formula is C18H18N2O2S. The molecule has 2 aromatic rings. The van der Waals surface area contributed by atoms with Crippen molar-refractivity contribution in [3.63, 3.8) is 0 Å². The molecule has 0 aliphatic carbocycles. The molecular weight excluding hydrogens is 308 g/mol. The summed E-state index contributed by atoms with van der Waals surface area (Å²) in [5.41, 5.74) is 1.64. The van der Waals surface area contributed by atoms with Crippen LogP contribution in [0.5, 0.6) is 0 Å². The van der Waals surface area contributed by atoms with E-state index in [1.165, 1.54) is 0 Å². The van der Waals surface area contributed by atoms with Crippen LogP contribution in [-0.2, 0) is 4.79 Å². The monoisotopic (exact) mass is 326 g/mol. The van der Waals surface area contributed by atoms with Crippen molar-refractivity contribution in [2.24, 2.45) is 5.41 Å². The second-order valence-electron chi connectivity index (χ2n) is 6.48. The lowest BCUT2D eigenvalue weighted by atomic mass is 9.86. The fourth-order valence-corrected chi connectivity index (χ4v) is 4.33. The number of amides is 2. The first kappa shape index (κ1) is 14.5. The summed E-state index contributed by atoms with van der Waals surface area (Å²) >= 11 is 1.60. The summed E-state index contributed by atoms with van der Waals surface area (Å²) in [5.74, 6) is 0.251. The van der Waals surface area contributed by atoms with Crippen molar-refractivity contribution in [1.29, 1.82) is 0 Å². The van der Waals surface area contributed by atoms with Gasteiger partial charge in [0, 0.05) is 42.4 Å². The molecule has 0 unspecified atom stereocenters. The Morgan fingerprint density at radius 3 is 2.70 bits per heavy atom. The Bertz CT molecular complexity index is 729. The molecule has 0 radical (unpaired) electrons. The molecule has 2 aliphatic rings. The lowest BCUT2D eigenvalue weighted by Gasteiger charge is -2.24. The average molecular weight is 326 g/mol. The quantitative estimate of drug-likeness (QED) is 0.851. The minimum absolute atomic E-state index is 0.0731. The van der Waals surface area contributed by atoms with Crippen molar-refractivity contribution >= 4 is 28.8 Å². The third-order valence-corrected chi connectivity index (χ3v) is 5.56. The van der Waals surface area contributed by atoms with Crippen LogP contribution in [0.3, 0.4) is 0 Å². The van der Waals surface area contributed by atoms with Crippen LogP contribution in [0.4, 0.5) is 5.69 Å². The number of anilines is 1. The minimum atomic E-state index is -0.0799. The third kappa shape index (κ3) is 2.55. The van der Waals surface area contributed by atoms with Crippen molar-refractivity contribution in [2.75, 3.05) is 24.5 Å². The van der Waals surface area contributed by atoms with Gasteiger partial charge in [0.15, 0.2) is 0 Å². The largest absolute Gasteiger partial charge is 0.338 e. The molecule has 0 N–H and O–H groups in total. The van der Waals surface area contributed by atoms with Gasteiger partial charge in [0.25, 0.3) is 5.91 Å². The first-order valence-electron chi connectivity index (χ1n) is 7.84. The number of nitrogens with zero attached hydrogens (tertiary/aromatic N) is 2. The molecule has 4 nitrogen and oxygen atoms in total. The van der Waals surface area contributed by atoms with Gasteiger partial charge in [0.1, 0.15) is 0 Å². The van der Waals surface area contributed by atoms with Gasteiger partial charge in [0.2, 0.25) is 5.91 Å². The molecule has 0 saturated carbocycles. The first-order chi connectivity index (χ1) is 11.2. The molecule has 1 aromatic heterocycles. The molecule has 3 heterocycles. The van der Waals surface area contributed by atoms with Gasteiger partial charge in [-0.1, -0.05) is 18.2 Å². The maximum atomic E-state index is 12.6. The third-order valence-electron chi connectivity index (χ3n) is 4.88. The molecule has 1 spiro atoms. The number of carbonyl (C=O) groups excluding carboxylic acids is 2. The van der Waals surface area contributed by atoms with Gasteiger partial charge in [-0.05, 0) is 30.0 Å². The van der Waals surface area contributed by atoms with E-state index in [2.05, 4.69) is 0 Å². The summed E-state index contributed by atoms with van der Waals surface area (Å²) < 4.78 is 0. The smallest absolute Gasteiger partial charge is 0.253 e. The molecule has 1 aromatic carbocycles. The molecule has 2 saturated heterocycles. The van der Waals surface area contributed by atoms with Gasteiger partial charge >= 0.3 is 0 Å². The predicted octanol–water partition coefficient (Wildman–Crippen LogP) is 3.02. The van der Waals surface area contributed by atoms with E-state index in [0.717, 1.165) is 30.8 Å². The van der Waals surface area contributed by atoms with Gasteiger partial charge in [-0.15, -0.1) is 0 Å². The van der Waals surface area contributed by atoms with Gasteiger partial charge < -0.3 is 9.80 Å².